The smallest absolute Gasteiger partial charge is 0.139 e. The number of nitrogens with one attached hydrogen (secondary N) is 1. The number of halogens is 4. The Morgan fingerprint density at radius 1 is 0.926 bits per heavy atom. The first-order valence-electron chi connectivity index (χ1n) is 8.27. The first-order chi connectivity index (χ1) is 12.9. The highest BCUT2D eigenvalue weighted by molar-refractivity contribution is 9.11. The zero-order valence-corrected chi connectivity index (χ0v) is 20.0. The van der Waals surface area contributed by atoms with Gasteiger partial charge < -0.3 is 10.1 Å². The zero-order valence-electron chi connectivity index (χ0n) is 14.5. The predicted octanol–water partition coefficient (Wildman–Crippen LogP) is 8.13. The van der Waals surface area contributed by atoms with Crippen molar-refractivity contribution in [3.05, 3.63) is 89.7 Å². The lowest BCUT2D eigenvalue weighted by Gasteiger charge is -2.16. The van der Waals surface area contributed by atoms with Gasteiger partial charge in [-0.3, -0.25) is 0 Å². The number of benzene rings is 3. The van der Waals surface area contributed by atoms with Crippen LogP contribution in [-0.4, -0.2) is 0 Å². The number of ether oxygens (including phenoxy) is 1. The highest BCUT2D eigenvalue weighted by Gasteiger charge is 2.11. The molecule has 0 fully saturated rings. The second-order valence-electron chi connectivity index (χ2n) is 6.10. The van der Waals surface area contributed by atoms with Gasteiger partial charge in [0.15, 0.2) is 0 Å². The van der Waals surface area contributed by atoms with Gasteiger partial charge in [-0.1, -0.05) is 55.6 Å². The van der Waals surface area contributed by atoms with Gasteiger partial charge in [0, 0.05) is 31.8 Å². The normalized spacial score (nSPS) is 10.7. The van der Waals surface area contributed by atoms with Gasteiger partial charge in [0.2, 0.25) is 0 Å². The van der Waals surface area contributed by atoms with Crippen molar-refractivity contribution in [1.29, 1.82) is 0 Å². The summed E-state index contributed by atoms with van der Waals surface area (Å²) in [6.45, 7) is 3.21. The van der Waals surface area contributed by atoms with Crippen LogP contribution in [0.5, 0.6) is 5.75 Å². The Bertz CT molecular complexity index is 945. The van der Waals surface area contributed by atoms with Gasteiger partial charge in [-0.15, -0.1) is 0 Å². The Morgan fingerprint density at radius 2 is 1.67 bits per heavy atom. The van der Waals surface area contributed by atoms with Crippen LogP contribution in [0.25, 0.3) is 0 Å². The number of hydrogen-bond donors (Lipinski definition) is 1. The van der Waals surface area contributed by atoms with Crippen LogP contribution in [-0.2, 0) is 13.2 Å². The molecule has 0 saturated carbocycles. The van der Waals surface area contributed by atoms with E-state index in [-0.39, 0.29) is 0 Å². The van der Waals surface area contributed by atoms with Crippen LogP contribution in [0.2, 0.25) is 5.02 Å². The average Bonchev–Trinajstić information content (AvgIpc) is 2.61. The van der Waals surface area contributed by atoms with Crippen LogP contribution >= 0.6 is 59.4 Å². The molecular formula is C21H17Br3ClNO. The van der Waals surface area contributed by atoms with Gasteiger partial charge in [0.25, 0.3) is 0 Å². The molecule has 0 saturated heterocycles. The van der Waals surface area contributed by atoms with Crippen molar-refractivity contribution in [2.24, 2.45) is 0 Å². The van der Waals surface area contributed by atoms with Crippen molar-refractivity contribution in [2.75, 3.05) is 5.32 Å². The van der Waals surface area contributed by atoms with Crippen LogP contribution in [0.1, 0.15) is 16.7 Å². The maximum Gasteiger partial charge on any atom is 0.139 e. The average molecular weight is 575 g/mol. The Balaban J connectivity index is 1.78. The van der Waals surface area contributed by atoms with Crippen molar-refractivity contribution in [3.8, 4) is 5.75 Å². The third kappa shape index (κ3) is 5.74. The minimum atomic E-state index is 0.474. The van der Waals surface area contributed by atoms with Gasteiger partial charge in [0.05, 0.1) is 4.47 Å². The minimum absolute atomic E-state index is 0.474. The summed E-state index contributed by atoms with van der Waals surface area (Å²) < 4.78 is 9.11. The maximum absolute atomic E-state index is 6.13. The molecule has 0 aromatic heterocycles. The van der Waals surface area contributed by atoms with Crippen molar-refractivity contribution in [2.45, 2.75) is 20.1 Å². The Morgan fingerprint density at radius 3 is 2.37 bits per heavy atom. The molecule has 0 aliphatic carbocycles. The standard InChI is InChI=1S/C21H17Br3ClNO/c1-13-8-16(22)4-7-20(13)26-11-15-9-17(23)10-19(24)21(15)27-12-14-2-5-18(25)6-3-14/h2-10,26H,11-12H2,1H3. The third-order valence-corrected chi connectivity index (χ3v) is 5.83. The Kier molecular flexibility index (Phi) is 7.26. The largest absolute Gasteiger partial charge is 0.487 e. The summed E-state index contributed by atoms with van der Waals surface area (Å²) in [6, 6.07) is 17.9. The molecule has 0 radical (unpaired) electrons. The van der Waals surface area contributed by atoms with Gasteiger partial charge >= 0.3 is 0 Å². The SMILES string of the molecule is Cc1cc(Br)ccc1NCc1cc(Br)cc(Br)c1OCc1ccc(Cl)cc1. The lowest BCUT2D eigenvalue weighted by Crippen LogP contribution is -2.05. The van der Waals surface area contributed by atoms with Crippen LogP contribution < -0.4 is 10.1 Å². The van der Waals surface area contributed by atoms with Crippen molar-refractivity contribution >= 4 is 65.1 Å². The summed E-state index contributed by atoms with van der Waals surface area (Å²) in [5.41, 5.74) is 4.41. The van der Waals surface area contributed by atoms with Crippen LogP contribution in [0.4, 0.5) is 5.69 Å². The summed E-state index contributed by atoms with van der Waals surface area (Å²) in [6.07, 6.45) is 0. The molecular weight excluding hydrogens is 557 g/mol. The molecule has 0 aliphatic rings. The summed E-state index contributed by atoms with van der Waals surface area (Å²) >= 11 is 16.6. The van der Waals surface area contributed by atoms with E-state index in [0.29, 0.717) is 13.2 Å². The molecule has 27 heavy (non-hydrogen) atoms. The second-order valence-corrected chi connectivity index (χ2v) is 9.23. The highest BCUT2D eigenvalue weighted by Crippen LogP contribution is 2.34. The lowest BCUT2D eigenvalue weighted by molar-refractivity contribution is 0.301. The molecule has 0 heterocycles. The maximum atomic E-state index is 6.13. The highest BCUT2D eigenvalue weighted by atomic mass is 79.9. The Labute approximate surface area is 189 Å². The summed E-state index contributed by atoms with van der Waals surface area (Å²) in [5, 5.41) is 4.22. The molecule has 140 valence electrons. The molecule has 6 heteroatoms. The first kappa shape index (κ1) is 20.7. The van der Waals surface area contributed by atoms with Gasteiger partial charge in [-0.25, -0.2) is 0 Å². The zero-order chi connectivity index (χ0) is 19.4. The van der Waals surface area contributed by atoms with E-state index < -0.39 is 0 Å². The van der Waals surface area contributed by atoms with E-state index in [2.05, 4.69) is 78.2 Å². The van der Waals surface area contributed by atoms with Gasteiger partial charge in [-0.05, 0) is 76.4 Å². The summed E-state index contributed by atoms with van der Waals surface area (Å²) in [7, 11) is 0. The van der Waals surface area contributed by atoms with E-state index in [1.54, 1.807) is 0 Å². The molecule has 0 spiro atoms. The van der Waals surface area contributed by atoms with E-state index in [1.807, 2.05) is 36.4 Å². The number of rotatable bonds is 6. The van der Waals surface area contributed by atoms with Gasteiger partial charge in [0.1, 0.15) is 12.4 Å². The molecule has 0 atom stereocenters. The molecule has 3 aromatic rings. The van der Waals surface area contributed by atoms with Crippen LogP contribution in [0.3, 0.4) is 0 Å². The van der Waals surface area contributed by atoms with Crippen LogP contribution in [0, 0.1) is 6.92 Å². The quantitative estimate of drug-likeness (QED) is 0.321. The van der Waals surface area contributed by atoms with Gasteiger partial charge in [-0.2, -0.15) is 0 Å². The number of hydrogen-bond acceptors (Lipinski definition) is 2. The molecule has 0 bridgehead atoms. The minimum Gasteiger partial charge on any atom is -0.487 e. The molecule has 0 amide bonds. The molecule has 0 aliphatic heterocycles. The van der Waals surface area contributed by atoms with E-state index in [0.717, 1.165) is 41.0 Å². The molecule has 1 N–H and O–H groups in total. The van der Waals surface area contributed by atoms with Crippen molar-refractivity contribution in [1.82, 2.24) is 0 Å². The van der Waals surface area contributed by atoms with E-state index in [9.17, 15) is 0 Å². The predicted molar refractivity (Wildman–Crippen MR) is 124 cm³/mol. The second kappa shape index (κ2) is 9.46. The lowest BCUT2D eigenvalue weighted by atomic mass is 10.1. The molecule has 0 unspecified atom stereocenters. The molecule has 3 rings (SSSR count). The van der Waals surface area contributed by atoms with E-state index in [4.69, 9.17) is 16.3 Å². The van der Waals surface area contributed by atoms with Crippen molar-refractivity contribution in [3.63, 3.8) is 0 Å². The van der Waals surface area contributed by atoms with Crippen LogP contribution in [0.15, 0.2) is 68.0 Å². The fourth-order valence-electron chi connectivity index (χ4n) is 2.66. The number of anilines is 1. The third-order valence-electron chi connectivity index (χ3n) is 4.04. The van der Waals surface area contributed by atoms with Crippen molar-refractivity contribution < 1.29 is 4.74 Å². The fraction of sp³-hybridized carbons (Fsp3) is 0.143. The van der Waals surface area contributed by atoms with E-state index >= 15 is 0 Å². The first-order valence-corrected chi connectivity index (χ1v) is 11.0. The topological polar surface area (TPSA) is 21.3 Å². The molecule has 2 nitrogen and oxygen atoms in total. The summed E-state index contributed by atoms with van der Waals surface area (Å²) in [5.74, 6) is 0.829. The fourth-order valence-corrected chi connectivity index (χ4v) is 4.69. The number of aryl methyl sites for hydroxylation is 1. The molecule has 3 aromatic carbocycles. The van der Waals surface area contributed by atoms with E-state index in [1.165, 1.54) is 5.56 Å². The monoisotopic (exact) mass is 571 g/mol. The Hall–Kier alpha value is -1.01. The summed E-state index contributed by atoms with van der Waals surface area (Å²) in [4.78, 5) is 0.